The molecule has 1 nitrogen and oxygen atoms in total. The Bertz CT molecular complexity index is 263. The van der Waals surface area contributed by atoms with Crippen LogP contribution in [0.3, 0.4) is 0 Å². The number of rotatable bonds is 4. The number of carbonyl (C=O) groups is 1. The summed E-state index contributed by atoms with van der Waals surface area (Å²) in [4.78, 5) is 11.8. The molecule has 0 aromatic carbocycles. The Morgan fingerprint density at radius 3 is 2.06 bits per heavy atom. The van der Waals surface area contributed by atoms with Crippen molar-refractivity contribution in [1.29, 1.82) is 0 Å². The van der Waals surface area contributed by atoms with Crippen LogP contribution in [0.25, 0.3) is 0 Å². The maximum atomic E-state index is 11.8. The molecule has 0 aliphatic heterocycles. The molecule has 0 heterocycles. The second kappa shape index (κ2) is 6.21. The van der Waals surface area contributed by atoms with E-state index in [-0.39, 0.29) is 0 Å². The summed E-state index contributed by atoms with van der Waals surface area (Å²) in [7, 11) is 0. The highest BCUT2D eigenvalue weighted by molar-refractivity contribution is 5.80. The predicted molar refractivity (Wildman–Crippen MR) is 76.6 cm³/mol. The summed E-state index contributed by atoms with van der Waals surface area (Å²) in [5, 5.41) is 0. The molecule has 0 saturated heterocycles. The van der Waals surface area contributed by atoms with Gasteiger partial charge >= 0.3 is 0 Å². The van der Waals surface area contributed by atoms with Gasteiger partial charge in [-0.15, -0.1) is 0 Å². The molecule has 0 unspecified atom stereocenters. The van der Waals surface area contributed by atoms with Gasteiger partial charge in [0, 0.05) is 12.3 Å². The third-order valence-corrected chi connectivity index (χ3v) is 5.71. The van der Waals surface area contributed by atoms with Gasteiger partial charge < -0.3 is 0 Å². The topological polar surface area (TPSA) is 17.1 Å². The Morgan fingerprint density at radius 1 is 1.00 bits per heavy atom. The highest BCUT2D eigenvalue weighted by atomic mass is 16.1. The summed E-state index contributed by atoms with van der Waals surface area (Å²) < 4.78 is 0. The van der Waals surface area contributed by atoms with E-state index in [1.807, 2.05) is 6.92 Å². The highest BCUT2D eigenvalue weighted by Crippen LogP contribution is 2.50. The zero-order valence-electron chi connectivity index (χ0n) is 12.3. The fraction of sp³-hybridized carbons (Fsp3) is 0.941. The molecule has 0 bridgehead atoms. The molecule has 2 aliphatic rings. The quantitative estimate of drug-likeness (QED) is 0.675. The first kappa shape index (κ1) is 14.1. The van der Waals surface area contributed by atoms with Crippen LogP contribution in [0.2, 0.25) is 0 Å². The van der Waals surface area contributed by atoms with E-state index < -0.39 is 0 Å². The van der Waals surface area contributed by atoms with Crippen LogP contribution < -0.4 is 0 Å². The fourth-order valence-electron chi connectivity index (χ4n) is 4.33. The molecule has 104 valence electrons. The Morgan fingerprint density at radius 2 is 1.56 bits per heavy atom. The smallest absolute Gasteiger partial charge is 0.135 e. The number of hydrogen-bond donors (Lipinski definition) is 0. The Hall–Kier alpha value is -0.330. The van der Waals surface area contributed by atoms with Crippen molar-refractivity contribution in [2.75, 3.05) is 0 Å². The van der Waals surface area contributed by atoms with Crippen molar-refractivity contribution in [1.82, 2.24) is 0 Å². The standard InChI is InChI=1S/C17H30O/c1-3-5-14-6-10-17(11-7-14)12-8-15(9-13-17)16(18)4-2/h14-15H,3-13H2,1-2H3. The van der Waals surface area contributed by atoms with Crippen molar-refractivity contribution in [3.05, 3.63) is 0 Å². The highest BCUT2D eigenvalue weighted by Gasteiger charge is 2.39. The summed E-state index contributed by atoms with van der Waals surface area (Å²) >= 11 is 0. The normalized spacial score (nSPS) is 36.8. The van der Waals surface area contributed by atoms with Crippen LogP contribution in [0.4, 0.5) is 0 Å². The fourth-order valence-corrected chi connectivity index (χ4v) is 4.33. The van der Waals surface area contributed by atoms with Crippen LogP contribution in [-0.2, 0) is 4.79 Å². The van der Waals surface area contributed by atoms with E-state index in [9.17, 15) is 4.79 Å². The minimum Gasteiger partial charge on any atom is -0.299 e. The number of hydrogen-bond acceptors (Lipinski definition) is 1. The molecule has 0 atom stereocenters. The SMILES string of the molecule is CCCC1CCC2(CC1)CCC(C(=O)CC)CC2. The van der Waals surface area contributed by atoms with Crippen LogP contribution in [0.15, 0.2) is 0 Å². The van der Waals surface area contributed by atoms with Crippen molar-refractivity contribution in [3.8, 4) is 0 Å². The first-order valence-corrected chi connectivity index (χ1v) is 8.22. The Kier molecular flexibility index (Phi) is 4.86. The summed E-state index contributed by atoms with van der Waals surface area (Å²) in [5.74, 6) is 1.94. The van der Waals surface area contributed by atoms with Gasteiger partial charge in [-0.2, -0.15) is 0 Å². The lowest BCUT2D eigenvalue weighted by molar-refractivity contribution is -0.124. The third kappa shape index (κ3) is 3.16. The van der Waals surface area contributed by atoms with Gasteiger partial charge in [-0.05, 0) is 62.7 Å². The summed E-state index contributed by atoms with van der Waals surface area (Å²) in [5.41, 5.74) is 0.648. The molecule has 2 saturated carbocycles. The Balaban J connectivity index is 1.81. The van der Waals surface area contributed by atoms with Gasteiger partial charge in [-0.1, -0.05) is 26.7 Å². The van der Waals surface area contributed by atoms with E-state index in [2.05, 4.69) is 6.92 Å². The number of ketones is 1. The summed E-state index contributed by atoms with van der Waals surface area (Å²) in [6, 6.07) is 0. The summed E-state index contributed by atoms with van der Waals surface area (Å²) in [6.07, 6.45) is 14.4. The largest absolute Gasteiger partial charge is 0.299 e. The van der Waals surface area contributed by atoms with Crippen LogP contribution in [0.5, 0.6) is 0 Å². The van der Waals surface area contributed by atoms with Crippen molar-refractivity contribution < 1.29 is 4.79 Å². The first-order valence-electron chi connectivity index (χ1n) is 8.22. The van der Waals surface area contributed by atoms with E-state index in [1.165, 1.54) is 64.2 Å². The van der Waals surface area contributed by atoms with Crippen molar-refractivity contribution in [2.24, 2.45) is 17.3 Å². The van der Waals surface area contributed by atoms with Crippen LogP contribution >= 0.6 is 0 Å². The third-order valence-electron chi connectivity index (χ3n) is 5.71. The second-order valence-corrected chi connectivity index (χ2v) is 6.83. The average Bonchev–Trinajstić information content (AvgIpc) is 2.42. The van der Waals surface area contributed by atoms with Gasteiger partial charge in [0.15, 0.2) is 0 Å². The molecule has 0 N–H and O–H groups in total. The molecule has 18 heavy (non-hydrogen) atoms. The van der Waals surface area contributed by atoms with Crippen LogP contribution in [-0.4, -0.2) is 5.78 Å². The molecule has 1 spiro atoms. The molecular formula is C17H30O. The predicted octanol–water partition coefficient (Wildman–Crippen LogP) is 5.13. The van der Waals surface area contributed by atoms with Crippen molar-refractivity contribution in [2.45, 2.75) is 84.5 Å². The zero-order chi connectivity index (χ0) is 13.0. The van der Waals surface area contributed by atoms with Crippen LogP contribution in [0.1, 0.15) is 84.5 Å². The molecule has 2 aliphatic carbocycles. The Labute approximate surface area is 113 Å². The number of Topliss-reactive ketones (excluding diaryl/α,β-unsaturated/α-hetero) is 1. The lowest BCUT2D eigenvalue weighted by Gasteiger charge is -2.44. The van der Waals surface area contributed by atoms with Gasteiger partial charge in [0.1, 0.15) is 5.78 Å². The van der Waals surface area contributed by atoms with Gasteiger partial charge in [-0.25, -0.2) is 0 Å². The van der Waals surface area contributed by atoms with E-state index in [1.54, 1.807) is 0 Å². The monoisotopic (exact) mass is 250 g/mol. The van der Waals surface area contributed by atoms with Crippen LogP contribution in [0, 0.1) is 17.3 Å². The van der Waals surface area contributed by atoms with E-state index in [4.69, 9.17) is 0 Å². The molecule has 0 amide bonds. The minimum absolute atomic E-state index is 0.411. The molecular weight excluding hydrogens is 220 g/mol. The molecule has 1 heteroatoms. The minimum atomic E-state index is 0.411. The van der Waals surface area contributed by atoms with Gasteiger partial charge in [0.25, 0.3) is 0 Å². The molecule has 0 radical (unpaired) electrons. The lowest BCUT2D eigenvalue weighted by Crippen LogP contribution is -2.33. The summed E-state index contributed by atoms with van der Waals surface area (Å²) in [6.45, 7) is 4.33. The van der Waals surface area contributed by atoms with E-state index >= 15 is 0 Å². The average molecular weight is 250 g/mol. The molecule has 2 fully saturated rings. The van der Waals surface area contributed by atoms with E-state index in [0.717, 1.165) is 12.3 Å². The molecule has 2 rings (SSSR count). The van der Waals surface area contributed by atoms with Gasteiger partial charge in [0.2, 0.25) is 0 Å². The van der Waals surface area contributed by atoms with Crippen molar-refractivity contribution >= 4 is 5.78 Å². The van der Waals surface area contributed by atoms with Crippen molar-refractivity contribution in [3.63, 3.8) is 0 Å². The van der Waals surface area contributed by atoms with Gasteiger partial charge in [0.05, 0.1) is 0 Å². The molecule has 0 aromatic rings. The molecule has 0 aromatic heterocycles. The van der Waals surface area contributed by atoms with Gasteiger partial charge in [-0.3, -0.25) is 4.79 Å². The number of carbonyl (C=O) groups excluding carboxylic acids is 1. The first-order chi connectivity index (χ1) is 8.69. The maximum absolute atomic E-state index is 11.8. The lowest BCUT2D eigenvalue weighted by atomic mass is 9.60. The van der Waals surface area contributed by atoms with E-state index in [0.29, 0.717) is 17.1 Å². The second-order valence-electron chi connectivity index (χ2n) is 6.83. The maximum Gasteiger partial charge on any atom is 0.135 e. The zero-order valence-corrected chi connectivity index (χ0v) is 12.3.